The van der Waals surface area contributed by atoms with Gasteiger partial charge in [0.25, 0.3) is 0 Å². The van der Waals surface area contributed by atoms with E-state index in [2.05, 4.69) is 41.3 Å². The van der Waals surface area contributed by atoms with Gasteiger partial charge in [-0.3, -0.25) is 19.2 Å². The second kappa shape index (κ2) is 15.0. The van der Waals surface area contributed by atoms with E-state index in [1.54, 1.807) is 24.0 Å². The number of ether oxygens (including phenoxy) is 2. The molecule has 1 unspecified atom stereocenters. The summed E-state index contributed by atoms with van der Waals surface area (Å²) in [4.78, 5) is 57.3. The Bertz CT molecular complexity index is 1020. The van der Waals surface area contributed by atoms with Crippen molar-refractivity contribution >= 4 is 39.6 Å². The molecule has 8 atom stereocenters. The quantitative estimate of drug-likeness (QED) is 0.107. The number of hydrogen-bond donors (Lipinski definition) is 2. The number of amides is 3. The number of alkyl halides is 1. The Morgan fingerprint density at radius 3 is 2.57 bits per heavy atom. The molecule has 2 bridgehead atoms. The summed E-state index contributed by atoms with van der Waals surface area (Å²) >= 11 is 3.68. The first-order valence-corrected chi connectivity index (χ1v) is 16.1. The van der Waals surface area contributed by atoms with Crippen LogP contribution in [0.3, 0.4) is 0 Å². The van der Waals surface area contributed by atoms with Crippen LogP contribution in [0, 0.1) is 17.8 Å². The van der Waals surface area contributed by atoms with Crippen molar-refractivity contribution in [2.24, 2.45) is 17.8 Å². The Labute approximate surface area is 258 Å². The minimum absolute atomic E-state index is 0.128. The zero-order valence-corrected chi connectivity index (χ0v) is 27.0. The number of unbranched alkanes of at least 4 members (excludes halogenated alkanes) is 2. The highest BCUT2D eigenvalue weighted by Crippen LogP contribution is 2.61. The molecule has 11 heteroatoms. The summed E-state index contributed by atoms with van der Waals surface area (Å²) in [6.07, 6.45) is 6.00. The van der Waals surface area contributed by atoms with Gasteiger partial charge in [-0.2, -0.15) is 0 Å². The van der Waals surface area contributed by atoms with Crippen molar-refractivity contribution in [2.45, 2.75) is 101 Å². The Kier molecular flexibility index (Phi) is 12.2. The molecule has 3 aliphatic rings. The van der Waals surface area contributed by atoms with Crippen LogP contribution in [0.2, 0.25) is 0 Å². The molecule has 1 spiro atoms. The number of nitrogens with one attached hydrogen (secondary N) is 1. The molecule has 3 fully saturated rings. The molecule has 3 saturated heterocycles. The zero-order chi connectivity index (χ0) is 31.2. The number of carbonyl (C=O) groups is 4. The normalized spacial score (nSPS) is 29.3. The first-order chi connectivity index (χ1) is 20.0. The molecule has 2 N–H and O–H groups in total. The van der Waals surface area contributed by atoms with Crippen molar-refractivity contribution in [2.75, 3.05) is 26.2 Å². The number of fused-ring (bicyclic) bond motifs is 1. The maximum atomic E-state index is 14.4. The van der Waals surface area contributed by atoms with Crippen LogP contribution < -0.4 is 5.32 Å². The van der Waals surface area contributed by atoms with Crippen LogP contribution >= 0.6 is 15.9 Å². The molecule has 0 aliphatic carbocycles. The van der Waals surface area contributed by atoms with E-state index in [-0.39, 0.29) is 41.6 Å². The lowest BCUT2D eigenvalue weighted by Gasteiger charge is -2.40. The monoisotopic (exact) mass is 653 g/mol. The Morgan fingerprint density at radius 1 is 1.26 bits per heavy atom. The first-order valence-electron chi connectivity index (χ1n) is 15.2. The van der Waals surface area contributed by atoms with Crippen molar-refractivity contribution in [1.82, 2.24) is 15.1 Å². The molecule has 3 rings (SSSR count). The number of allylic oxidation sites excluding steroid dienone is 1. The Balaban J connectivity index is 1.93. The largest absolute Gasteiger partial charge is 0.460 e. The number of halogens is 1. The standard InChI is InChI=1S/C31H48BrN3O7/c1-7-10-12-15-34(14-9-3)29(39)27-31-16-21(32)26(42-31)24(25(31)28(38)35(27)22(18-36)19(4)5)30(40)41-20(6)17-33-23(37)13-11-8-2/h8-9,19-22,24-27,36H,2-3,7,10-18H2,1,4-6H3,(H,33,37)/t20-,21?,22-,24-,25+,26-,27-,31+/m0/s1. The smallest absolute Gasteiger partial charge is 0.312 e. The molecule has 236 valence electrons. The highest BCUT2D eigenvalue weighted by atomic mass is 79.9. The second-order valence-corrected chi connectivity index (χ2v) is 13.2. The van der Waals surface area contributed by atoms with Crippen molar-refractivity contribution in [1.29, 1.82) is 0 Å². The van der Waals surface area contributed by atoms with Crippen LogP contribution in [-0.2, 0) is 28.7 Å². The second-order valence-electron chi connectivity index (χ2n) is 12.1. The average Bonchev–Trinajstić information content (AvgIpc) is 3.54. The molecule has 0 aromatic carbocycles. The van der Waals surface area contributed by atoms with Gasteiger partial charge in [-0.25, -0.2) is 0 Å². The SMILES string of the molecule is C=CCCC(=O)NC[C@H](C)OC(=O)[C@@H]1[C@H]2O[C@@]3(CC2Br)[C@H](C(=O)N(CC=C)CCCCC)N([C@@H](CO)C(C)C)C(=O)[C@@H]13. The average molecular weight is 655 g/mol. The number of aliphatic hydroxyl groups excluding tert-OH is 1. The molecule has 3 aliphatic heterocycles. The molecule has 0 saturated carbocycles. The van der Waals surface area contributed by atoms with Crippen molar-refractivity contribution < 1.29 is 33.8 Å². The fourth-order valence-corrected chi connectivity index (χ4v) is 7.61. The summed E-state index contributed by atoms with van der Waals surface area (Å²) in [6.45, 7) is 15.6. The molecular weight excluding hydrogens is 606 g/mol. The molecule has 42 heavy (non-hydrogen) atoms. The van der Waals surface area contributed by atoms with Crippen molar-refractivity contribution in [3.05, 3.63) is 25.3 Å². The number of esters is 1. The van der Waals surface area contributed by atoms with E-state index in [0.29, 0.717) is 32.4 Å². The maximum absolute atomic E-state index is 14.4. The van der Waals surface area contributed by atoms with E-state index < -0.39 is 47.7 Å². The van der Waals surface area contributed by atoms with Gasteiger partial charge in [-0.1, -0.05) is 61.7 Å². The van der Waals surface area contributed by atoms with Gasteiger partial charge in [0.15, 0.2) is 0 Å². The number of nitrogens with zero attached hydrogens (tertiary/aromatic N) is 2. The molecule has 0 aromatic heterocycles. The number of aliphatic hydroxyl groups is 1. The van der Waals surface area contributed by atoms with Crippen molar-refractivity contribution in [3.8, 4) is 0 Å². The third-order valence-electron chi connectivity index (χ3n) is 8.72. The van der Waals surface area contributed by atoms with Gasteiger partial charge in [-0.15, -0.1) is 13.2 Å². The molecule has 3 amide bonds. The third kappa shape index (κ3) is 6.78. The lowest BCUT2D eigenvalue weighted by atomic mass is 9.70. The van der Waals surface area contributed by atoms with Crippen LogP contribution in [0.15, 0.2) is 25.3 Å². The lowest BCUT2D eigenvalue weighted by Crippen LogP contribution is -2.60. The Hall–Kier alpha value is -2.24. The van der Waals surface area contributed by atoms with Crippen LogP contribution in [-0.4, -0.2) is 99.6 Å². The molecule has 10 nitrogen and oxygen atoms in total. The number of rotatable bonds is 17. The predicted molar refractivity (Wildman–Crippen MR) is 163 cm³/mol. The zero-order valence-electron chi connectivity index (χ0n) is 25.4. The van der Waals surface area contributed by atoms with E-state index in [1.165, 1.54) is 4.90 Å². The highest BCUT2D eigenvalue weighted by molar-refractivity contribution is 9.09. The van der Waals surface area contributed by atoms with Gasteiger partial charge in [0, 0.05) is 24.3 Å². The minimum atomic E-state index is -1.24. The third-order valence-corrected chi connectivity index (χ3v) is 9.56. The summed E-state index contributed by atoms with van der Waals surface area (Å²) in [5.74, 6) is -3.41. The Morgan fingerprint density at radius 2 is 1.98 bits per heavy atom. The molecule has 0 radical (unpaired) electrons. The maximum Gasteiger partial charge on any atom is 0.312 e. The number of hydrogen-bond acceptors (Lipinski definition) is 7. The van der Waals surface area contributed by atoms with Gasteiger partial charge >= 0.3 is 5.97 Å². The van der Waals surface area contributed by atoms with Crippen LogP contribution in [0.5, 0.6) is 0 Å². The van der Waals surface area contributed by atoms with E-state index in [0.717, 1.165) is 19.3 Å². The lowest BCUT2D eigenvalue weighted by molar-refractivity contribution is -0.160. The van der Waals surface area contributed by atoms with E-state index >= 15 is 0 Å². The molecule has 0 aromatic rings. The van der Waals surface area contributed by atoms with Gasteiger partial charge in [-0.05, 0) is 32.1 Å². The van der Waals surface area contributed by atoms with E-state index in [4.69, 9.17) is 9.47 Å². The van der Waals surface area contributed by atoms with Gasteiger partial charge in [0.05, 0.1) is 37.1 Å². The van der Waals surface area contributed by atoms with Gasteiger partial charge < -0.3 is 29.7 Å². The summed E-state index contributed by atoms with van der Waals surface area (Å²) in [5, 5.41) is 13.2. The summed E-state index contributed by atoms with van der Waals surface area (Å²) < 4.78 is 12.3. The summed E-state index contributed by atoms with van der Waals surface area (Å²) in [6, 6.07) is -1.63. The van der Waals surface area contributed by atoms with Gasteiger partial charge in [0.2, 0.25) is 17.7 Å². The predicted octanol–water partition coefficient (Wildman–Crippen LogP) is 2.97. The fourth-order valence-electron chi connectivity index (χ4n) is 6.66. The highest BCUT2D eigenvalue weighted by Gasteiger charge is 2.77. The van der Waals surface area contributed by atoms with Crippen LogP contribution in [0.4, 0.5) is 0 Å². The number of likely N-dealkylation sites (tertiary alicyclic amines) is 1. The van der Waals surface area contributed by atoms with Crippen LogP contribution in [0.25, 0.3) is 0 Å². The molecular formula is C31H48BrN3O7. The minimum Gasteiger partial charge on any atom is -0.460 e. The van der Waals surface area contributed by atoms with Crippen LogP contribution in [0.1, 0.15) is 66.2 Å². The molecule has 3 heterocycles. The van der Waals surface area contributed by atoms with E-state index in [9.17, 15) is 24.3 Å². The number of carbonyl (C=O) groups excluding carboxylic acids is 4. The van der Waals surface area contributed by atoms with Gasteiger partial charge in [0.1, 0.15) is 17.7 Å². The first kappa shape index (κ1) is 34.3. The fraction of sp³-hybridized carbons (Fsp3) is 0.742. The van der Waals surface area contributed by atoms with E-state index in [1.807, 2.05) is 13.8 Å². The summed E-state index contributed by atoms with van der Waals surface area (Å²) in [7, 11) is 0. The van der Waals surface area contributed by atoms with Crippen molar-refractivity contribution in [3.63, 3.8) is 0 Å². The summed E-state index contributed by atoms with van der Waals surface area (Å²) in [5.41, 5.74) is -1.24. The topological polar surface area (TPSA) is 125 Å².